The van der Waals surface area contributed by atoms with Crippen molar-refractivity contribution in [3.63, 3.8) is 0 Å². The molecule has 0 saturated carbocycles. The number of hydrogen-bond acceptors (Lipinski definition) is 2. The first kappa shape index (κ1) is 11.6. The second kappa shape index (κ2) is 4.58. The van der Waals surface area contributed by atoms with Gasteiger partial charge >= 0.3 is 0 Å². The van der Waals surface area contributed by atoms with Crippen molar-refractivity contribution in [1.82, 2.24) is 0 Å². The highest BCUT2D eigenvalue weighted by Gasteiger charge is 2.24. The van der Waals surface area contributed by atoms with Crippen LogP contribution in [0.1, 0.15) is 25.0 Å². The highest BCUT2D eigenvalue weighted by atomic mass is 79.9. The minimum atomic E-state index is 0.294. The van der Waals surface area contributed by atoms with Gasteiger partial charge in [-0.2, -0.15) is 0 Å². The third kappa shape index (κ3) is 2.14. The quantitative estimate of drug-likeness (QED) is 0.812. The van der Waals surface area contributed by atoms with Crippen molar-refractivity contribution >= 4 is 21.8 Å². The summed E-state index contributed by atoms with van der Waals surface area (Å²) in [6.07, 6.45) is 0. The van der Waals surface area contributed by atoms with E-state index in [4.69, 9.17) is 4.74 Å². The molecule has 2 nitrogen and oxygen atoms in total. The molecular formula is C13H16BrNO. The maximum absolute atomic E-state index is 5.67. The van der Waals surface area contributed by atoms with Crippen LogP contribution in [0.5, 0.6) is 0 Å². The Morgan fingerprint density at radius 2 is 2.19 bits per heavy atom. The standard InChI is InChI=1S/C13H16BrNO/c1-8(2)11-7-16-13(15-11)10-6-4-5-9(3)12(10)14/h4-6,8,11H,7H2,1-3H3/t11-/m0/s1. The number of aliphatic imine (C=N–C) groups is 1. The van der Waals surface area contributed by atoms with E-state index < -0.39 is 0 Å². The molecule has 0 bridgehead atoms. The Kier molecular flexibility index (Phi) is 3.33. The summed E-state index contributed by atoms with van der Waals surface area (Å²) in [6.45, 7) is 7.12. The lowest BCUT2D eigenvalue weighted by Gasteiger charge is -2.06. The summed E-state index contributed by atoms with van der Waals surface area (Å²) in [5, 5.41) is 0. The van der Waals surface area contributed by atoms with Gasteiger partial charge in [0.05, 0.1) is 11.6 Å². The van der Waals surface area contributed by atoms with Gasteiger partial charge in [-0.3, -0.25) is 0 Å². The molecule has 0 fully saturated rings. The average molecular weight is 282 g/mol. The van der Waals surface area contributed by atoms with E-state index in [1.807, 2.05) is 12.1 Å². The van der Waals surface area contributed by atoms with Crippen LogP contribution in [0.15, 0.2) is 27.7 Å². The Labute approximate surface area is 105 Å². The Balaban J connectivity index is 2.32. The molecule has 0 aromatic heterocycles. The van der Waals surface area contributed by atoms with E-state index in [2.05, 4.69) is 47.8 Å². The smallest absolute Gasteiger partial charge is 0.217 e. The summed E-state index contributed by atoms with van der Waals surface area (Å²) in [4.78, 5) is 4.62. The molecule has 86 valence electrons. The van der Waals surface area contributed by atoms with E-state index in [9.17, 15) is 0 Å². The summed E-state index contributed by atoms with van der Waals surface area (Å²) in [6, 6.07) is 6.44. The number of ether oxygens (including phenoxy) is 1. The summed E-state index contributed by atoms with van der Waals surface area (Å²) >= 11 is 3.59. The number of aryl methyl sites for hydroxylation is 1. The fourth-order valence-corrected chi connectivity index (χ4v) is 2.12. The monoisotopic (exact) mass is 281 g/mol. The van der Waals surface area contributed by atoms with Gasteiger partial charge in [-0.15, -0.1) is 0 Å². The Bertz CT molecular complexity index is 426. The summed E-state index contributed by atoms with van der Waals surface area (Å²) < 4.78 is 6.75. The van der Waals surface area contributed by atoms with Gasteiger partial charge in [0.25, 0.3) is 0 Å². The molecule has 1 aliphatic rings. The van der Waals surface area contributed by atoms with Gasteiger partial charge in [0.1, 0.15) is 6.61 Å². The summed E-state index contributed by atoms with van der Waals surface area (Å²) in [5.41, 5.74) is 2.26. The van der Waals surface area contributed by atoms with Crippen LogP contribution in [-0.2, 0) is 4.74 Å². The Morgan fingerprint density at radius 1 is 1.44 bits per heavy atom. The molecule has 1 aliphatic heterocycles. The van der Waals surface area contributed by atoms with Crippen LogP contribution in [0, 0.1) is 12.8 Å². The molecule has 1 heterocycles. The molecular weight excluding hydrogens is 266 g/mol. The Morgan fingerprint density at radius 3 is 2.81 bits per heavy atom. The maximum Gasteiger partial charge on any atom is 0.217 e. The van der Waals surface area contributed by atoms with Crippen molar-refractivity contribution in [2.24, 2.45) is 10.9 Å². The Hall–Kier alpha value is -0.830. The summed E-state index contributed by atoms with van der Waals surface area (Å²) in [7, 11) is 0. The molecule has 0 saturated heterocycles. The van der Waals surface area contributed by atoms with Gasteiger partial charge in [0, 0.05) is 4.47 Å². The first-order valence-corrected chi connectivity index (χ1v) is 6.35. The predicted octanol–water partition coefficient (Wildman–Crippen LogP) is 3.56. The van der Waals surface area contributed by atoms with Crippen LogP contribution >= 0.6 is 15.9 Å². The molecule has 0 aliphatic carbocycles. The van der Waals surface area contributed by atoms with Crippen molar-refractivity contribution in [3.05, 3.63) is 33.8 Å². The molecule has 3 heteroatoms. The lowest BCUT2D eigenvalue weighted by molar-refractivity contribution is 0.291. The van der Waals surface area contributed by atoms with E-state index in [1.165, 1.54) is 5.56 Å². The van der Waals surface area contributed by atoms with Gasteiger partial charge < -0.3 is 4.74 Å². The van der Waals surface area contributed by atoms with Crippen molar-refractivity contribution in [3.8, 4) is 0 Å². The third-order valence-corrected chi connectivity index (χ3v) is 3.92. The highest BCUT2D eigenvalue weighted by Crippen LogP contribution is 2.25. The van der Waals surface area contributed by atoms with Crippen molar-refractivity contribution < 1.29 is 4.74 Å². The fraction of sp³-hybridized carbons (Fsp3) is 0.462. The zero-order valence-electron chi connectivity index (χ0n) is 9.83. The zero-order valence-corrected chi connectivity index (χ0v) is 11.4. The van der Waals surface area contributed by atoms with E-state index in [0.29, 0.717) is 18.6 Å². The second-order valence-corrected chi connectivity index (χ2v) is 5.29. The molecule has 0 spiro atoms. The average Bonchev–Trinajstić information content (AvgIpc) is 2.71. The highest BCUT2D eigenvalue weighted by molar-refractivity contribution is 9.10. The van der Waals surface area contributed by atoms with Crippen LogP contribution in [0.2, 0.25) is 0 Å². The van der Waals surface area contributed by atoms with Gasteiger partial charge in [-0.25, -0.2) is 4.99 Å². The first-order valence-electron chi connectivity index (χ1n) is 5.55. The zero-order chi connectivity index (χ0) is 11.7. The van der Waals surface area contributed by atoms with Crippen LogP contribution in [0.3, 0.4) is 0 Å². The minimum Gasteiger partial charge on any atom is -0.475 e. The van der Waals surface area contributed by atoms with Crippen molar-refractivity contribution in [2.75, 3.05) is 6.61 Å². The second-order valence-electron chi connectivity index (χ2n) is 4.49. The molecule has 0 amide bonds. The largest absolute Gasteiger partial charge is 0.475 e. The molecule has 1 aromatic carbocycles. The van der Waals surface area contributed by atoms with Crippen LogP contribution in [0.4, 0.5) is 0 Å². The van der Waals surface area contributed by atoms with E-state index >= 15 is 0 Å². The van der Waals surface area contributed by atoms with Crippen molar-refractivity contribution in [2.45, 2.75) is 26.8 Å². The molecule has 2 rings (SSSR count). The van der Waals surface area contributed by atoms with Gasteiger partial charge in [-0.05, 0) is 40.4 Å². The normalized spacial score (nSPS) is 19.8. The molecule has 0 N–H and O–H groups in total. The topological polar surface area (TPSA) is 21.6 Å². The molecule has 1 aromatic rings. The van der Waals surface area contributed by atoms with Crippen LogP contribution in [0.25, 0.3) is 0 Å². The van der Waals surface area contributed by atoms with Gasteiger partial charge in [-0.1, -0.05) is 26.0 Å². The SMILES string of the molecule is Cc1cccc(C2=N[C@H](C(C)C)CO2)c1Br. The van der Waals surface area contributed by atoms with E-state index in [0.717, 1.165) is 15.9 Å². The molecule has 16 heavy (non-hydrogen) atoms. The fourth-order valence-electron chi connectivity index (χ4n) is 1.69. The van der Waals surface area contributed by atoms with Crippen LogP contribution in [-0.4, -0.2) is 18.5 Å². The third-order valence-electron chi connectivity index (χ3n) is 2.87. The van der Waals surface area contributed by atoms with Crippen molar-refractivity contribution in [1.29, 1.82) is 0 Å². The van der Waals surface area contributed by atoms with Gasteiger partial charge in [0.2, 0.25) is 5.90 Å². The number of nitrogens with zero attached hydrogens (tertiary/aromatic N) is 1. The predicted molar refractivity (Wildman–Crippen MR) is 70.0 cm³/mol. The lowest BCUT2D eigenvalue weighted by Crippen LogP contribution is -2.13. The molecule has 0 unspecified atom stereocenters. The van der Waals surface area contributed by atoms with E-state index in [-0.39, 0.29) is 0 Å². The molecule has 1 atom stereocenters. The van der Waals surface area contributed by atoms with Crippen LogP contribution < -0.4 is 0 Å². The van der Waals surface area contributed by atoms with E-state index in [1.54, 1.807) is 0 Å². The lowest BCUT2D eigenvalue weighted by atomic mass is 10.1. The number of rotatable bonds is 2. The molecule has 0 radical (unpaired) electrons. The first-order chi connectivity index (χ1) is 7.59. The summed E-state index contributed by atoms with van der Waals surface area (Å²) in [5.74, 6) is 1.30. The number of hydrogen-bond donors (Lipinski definition) is 0. The minimum absolute atomic E-state index is 0.294. The maximum atomic E-state index is 5.67. The number of benzene rings is 1. The number of halogens is 1. The van der Waals surface area contributed by atoms with Gasteiger partial charge in [0.15, 0.2) is 0 Å².